The largest absolute Gasteiger partial charge is 0.462 e. The normalized spacial score (nSPS) is 11.4. The minimum absolute atomic E-state index is 0.00297. The third-order valence-corrected chi connectivity index (χ3v) is 2.26. The molecule has 0 unspecified atom stereocenters. The highest BCUT2D eigenvalue weighted by Gasteiger charge is 2.15. The molecule has 0 fully saturated rings. The molecule has 0 bridgehead atoms. The van der Waals surface area contributed by atoms with E-state index in [2.05, 4.69) is 4.98 Å². The van der Waals surface area contributed by atoms with Gasteiger partial charge in [-0.3, -0.25) is 4.98 Å². The van der Waals surface area contributed by atoms with Crippen LogP contribution in [0.2, 0.25) is 0 Å². The van der Waals surface area contributed by atoms with Crippen LogP contribution >= 0.6 is 0 Å². The Kier molecular flexibility index (Phi) is 4.41. The first-order valence-corrected chi connectivity index (χ1v) is 5.31. The van der Waals surface area contributed by atoms with Crippen LogP contribution in [0.25, 0.3) is 5.57 Å². The highest BCUT2D eigenvalue weighted by molar-refractivity contribution is 6.00. The van der Waals surface area contributed by atoms with E-state index in [9.17, 15) is 4.79 Å². The molecule has 0 aliphatic rings. The molecule has 0 radical (unpaired) electrons. The maximum atomic E-state index is 11.5. The Morgan fingerprint density at radius 3 is 2.71 bits per heavy atom. The van der Waals surface area contributed by atoms with Crippen LogP contribution in [0.3, 0.4) is 0 Å². The minimum Gasteiger partial charge on any atom is -0.462 e. The average molecular weight is 230 g/mol. The number of hydrogen-bond donors (Lipinski definition) is 0. The molecule has 0 spiro atoms. The molecular weight excluding hydrogens is 216 g/mol. The van der Waals surface area contributed by atoms with Crippen LogP contribution in [0.15, 0.2) is 23.9 Å². The summed E-state index contributed by atoms with van der Waals surface area (Å²) in [6.07, 6.45) is 1.69. The molecule has 4 heteroatoms. The molecule has 0 aromatic carbocycles. The third-order valence-electron chi connectivity index (χ3n) is 2.26. The Labute approximate surface area is 101 Å². The fourth-order valence-corrected chi connectivity index (χ4v) is 1.30. The van der Waals surface area contributed by atoms with Crippen LogP contribution in [0, 0.1) is 18.3 Å². The van der Waals surface area contributed by atoms with Crippen molar-refractivity contribution in [1.29, 1.82) is 5.26 Å². The van der Waals surface area contributed by atoms with Gasteiger partial charge >= 0.3 is 5.97 Å². The molecule has 0 atom stereocenters. The fraction of sp³-hybridized carbons (Fsp3) is 0.308. The second-order valence-corrected chi connectivity index (χ2v) is 3.55. The van der Waals surface area contributed by atoms with Crippen LogP contribution in [0.1, 0.15) is 25.1 Å². The van der Waals surface area contributed by atoms with Gasteiger partial charge in [0.05, 0.1) is 12.3 Å². The monoisotopic (exact) mass is 230 g/mol. The van der Waals surface area contributed by atoms with E-state index in [1.807, 2.05) is 19.1 Å². The molecule has 0 saturated heterocycles. The molecule has 0 saturated carbocycles. The van der Waals surface area contributed by atoms with Crippen molar-refractivity contribution in [3.8, 4) is 6.07 Å². The molecule has 88 valence electrons. The standard InChI is InChI=1S/C13H14N2O2/c1-4-17-13(16)11(7-14)10(3)12-6-5-9(2)8-15-12/h5-6,8H,4H2,1-3H3. The van der Waals surface area contributed by atoms with Gasteiger partial charge in [0.15, 0.2) is 0 Å². The molecule has 1 aromatic heterocycles. The van der Waals surface area contributed by atoms with Gasteiger partial charge in [0, 0.05) is 6.20 Å². The highest BCUT2D eigenvalue weighted by Crippen LogP contribution is 2.17. The van der Waals surface area contributed by atoms with Crippen LogP contribution in [-0.4, -0.2) is 17.6 Å². The van der Waals surface area contributed by atoms with Gasteiger partial charge < -0.3 is 4.74 Å². The Morgan fingerprint density at radius 2 is 2.24 bits per heavy atom. The number of allylic oxidation sites excluding steroid dienone is 1. The molecule has 17 heavy (non-hydrogen) atoms. The number of pyridine rings is 1. The van der Waals surface area contributed by atoms with Crippen LogP contribution in [0.5, 0.6) is 0 Å². The van der Waals surface area contributed by atoms with Gasteiger partial charge in [-0.25, -0.2) is 4.79 Å². The molecule has 0 aliphatic heterocycles. The van der Waals surface area contributed by atoms with E-state index in [-0.39, 0.29) is 12.2 Å². The Bertz CT molecular complexity index is 481. The van der Waals surface area contributed by atoms with Crippen molar-refractivity contribution >= 4 is 11.5 Å². The topological polar surface area (TPSA) is 63.0 Å². The van der Waals surface area contributed by atoms with Gasteiger partial charge in [0.25, 0.3) is 0 Å². The van der Waals surface area contributed by atoms with Crippen LogP contribution in [-0.2, 0) is 9.53 Å². The average Bonchev–Trinajstić information content (AvgIpc) is 2.31. The summed E-state index contributed by atoms with van der Waals surface area (Å²) >= 11 is 0. The zero-order valence-electron chi connectivity index (χ0n) is 10.2. The van der Waals surface area contributed by atoms with E-state index >= 15 is 0 Å². The summed E-state index contributed by atoms with van der Waals surface area (Å²) in [5.41, 5.74) is 2.17. The molecule has 0 amide bonds. The van der Waals surface area contributed by atoms with Crippen LogP contribution < -0.4 is 0 Å². The second kappa shape index (κ2) is 5.80. The summed E-state index contributed by atoms with van der Waals surface area (Å²) < 4.78 is 4.81. The Balaban J connectivity index is 3.13. The Hall–Kier alpha value is -2.15. The van der Waals surface area contributed by atoms with Crippen molar-refractivity contribution in [2.24, 2.45) is 0 Å². The number of aromatic nitrogens is 1. The number of aryl methyl sites for hydroxylation is 1. The van der Waals surface area contributed by atoms with Crippen molar-refractivity contribution in [3.05, 3.63) is 35.2 Å². The van der Waals surface area contributed by atoms with Crippen molar-refractivity contribution in [3.63, 3.8) is 0 Å². The van der Waals surface area contributed by atoms with E-state index in [0.717, 1.165) is 5.56 Å². The number of carbonyl (C=O) groups is 1. The number of rotatable bonds is 3. The quantitative estimate of drug-likeness (QED) is 0.454. The smallest absolute Gasteiger partial charge is 0.349 e. The summed E-state index contributed by atoms with van der Waals surface area (Å²) in [6.45, 7) is 5.56. The lowest BCUT2D eigenvalue weighted by atomic mass is 10.1. The first-order chi connectivity index (χ1) is 8.10. The van der Waals surface area contributed by atoms with Gasteiger partial charge in [0.2, 0.25) is 0 Å². The van der Waals surface area contributed by atoms with Crippen molar-refractivity contribution in [2.75, 3.05) is 6.61 Å². The third kappa shape index (κ3) is 3.15. The highest BCUT2D eigenvalue weighted by atomic mass is 16.5. The van der Waals surface area contributed by atoms with Crippen LogP contribution in [0.4, 0.5) is 0 Å². The zero-order valence-corrected chi connectivity index (χ0v) is 10.2. The van der Waals surface area contributed by atoms with E-state index in [0.29, 0.717) is 11.3 Å². The Morgan fingerprint density at radius 1 is 1.53 bits per heavy atom. The first kappa shape index (κ1) is 12.9. The van der Waals surface area contributed by atoms with E-state index in [4.69, 9.17) is 10.00 Å². The predicted molar refractivity (Wildman–Crippen MR) is 63.8 cm³/mol. The van der Waals surface area contributed by atoms with Gasteiger partial charge in [-0.15, -0.1) is 0 Å². The maximum Gasteiger partial charge on any atom is 0.349 e. The number of hydrogen-bond acceptors (Lipinski definition) is 4. The maximum absolute atomic E-state index is 11.5. The summed E-state index contributed by atoms with van der Waals surface area (Å²) in [6, 6.07) is 5.52. The first-order valence-electron chi connectivity index (χ1n) is 5.31. The molecule has 1 heterocycles. The molecule has 0 aliphatic carbocycles. The number of nitriles is 1. The summed E-state index contributed by atoms with van der Waals surface area (Å²) in [4.78, 5) is 15.7. The van der Waals surface area contributed by atoms with Crippen molar-refractivity contribution in [2.45, 2.75) is 20.8 Å². The summed E-state index contributed by atoms with van der Waals surface area (Å²) in [7, 11) is 0. The lowest BCUT2D eigenvalue weighted by Crippen LogP contribution is -2.08. The second-order valence-electron chi connectivity index (χ2n) is 3.55. The predicted octanol–water partition coefficient (Wildman–Crippen LogP) is 2.25. The minimum atomic E-state index is -0.602. The molecule has 1 aromatic rings. The lowest BCUT2D eigenvalue weighted by molar-refractivity contribution is -0.137. The fourth-order valence-electron chi connectivity index (χ4n) is 1.30. The molecule has 0 N–H and O–H groups in total. The molecule has 1 rings (SSSR count). The van der Waals surface area contributed by atoms with Crippen molar-refractivity contribution in [1.82, 2.24) is 4.98 Å². The number of nitrogens with zero attached hydrogens (tertiary/aromatic N) is 2. The van der Waals surface area contributed by atoms with Crippen molar-refractivity contribution < 1.29 is 9.53 Å². The lowest BCUT2D eigenvalue weighted by Gasteiger charge is -2.05. The van der Waals surface area contributed by atoms with Gasteiger partial charge in [-0.05, 0) is 38.0 Å². The number of esters is 1. The van der Waals surface area contributed by atoms with Gasteiger partial charge in [-0.1, -0.05) is 6.07 Å². The SMILES string of the molecule is CCOC(=O)C(C#N)=C(C)c1ccc(C)cn1. The van der Waals surface area contributed by atoms with E-state index in [1.54, 1.807) is 26.1 Å². The van der Waals surface area contributed by atoms with E-state index < -0.39 is 5.97 Å². The summed E-state index contributed by atoms with van der Waals surface area (Å²) in [5, 5.41) is 8.97. The molecular formula is C13H14N2O2. The van der Waals surface area contributed by atoms with E-state index in [1.165, 1.54) is 0 Å². The number of ether oxygens (including phenoxy) is 1. The summed E-state index contributed by atoms with van der Waals surface area (Å²) in [5.74, 6) is -0.602. The number of carbonyl (C=O) groups excluding carboxylic acids is 1. The zero-order chi connectivity index (χ0) is 12.8. The molecule has 4 nitrogen and oxygen atoms in total. The van der Waals surface area contributed by atoms with Gasteiger partial charge in [-0.2, -0.15) is 5.26 Å². The van der Waals surface area contributed by atoms with Gasteiger partial charge in [0.1, 0.15) is 11.6 Å².